The smallest absolute Gasteiger partial charge is 0.228 e. The molecular weight excluding hydrogens is 336 g/mol. The summed E-state index contributed by atoms with van der Waals surface area (Å²) in [4.78, 5) is 13.0. The third-order valence-corrected chi connectivity index (χ3v) is 6.20. The van der Waals surface area contributed by atoms with Gasteiger partial charge < -0.3 is 15.4 Å². The maximum Gasteiger partial charge on any atom is 0.228 e. The number of rotatable bonds is 7. The molecule has 2 bridgehead atoms. The average molecular weight is 364 g/mol. The van der Waals surface area contributed by atoms with Gasteiger partial charge in [-0.1, -0.05) is 49.4 Å². The van der Waals surface area contributed by atoms with Crippen molar-refractivity contribution in [2.45, 2.75) is 57.8 Å². The molecule has 0 saturated carbocycles. The fourth-order valence-electron chi connectivity index (χ4n) is 4.64. The number of hydrogen-bond donors (Lipinski definition) is 2. The molecule has 2 heterocycles. The van der Waals surface area contributed by atoms with E-state index in [4.69, 9.17) is 4.74 Å². The first-order valence-electron chi connectivity index (χ1n) is 9.99. The number of hydrogen-bond acceptors (Lipinski definition) is 3. The minimum Gasteiger partial charge on any atom is -0.489 e. The monoisotopic (exact) mass is 364 g/mol. The maximum atomic E-state index is 13.0. The Labute approximate surface area is 161 Å². The molecule has 2 aromatic rings. The van der Waals surface area contributed by atoms with Gasteiger partial charge in [0.1, 0.15) is 12.4 Å². The summed E-state index contributed by atoms with van der Waals surface area (Å²) in [5.41, 5.74) is 1.98. The highest BCUT2D eigenvalue weighted by atomic mass is 16.5. The van der Waals surface area contributed by atoms with Crippen molar-refractivity contribution in [3.05, 3.63) is 65.7 Å². The van der Waals surface area contributed by atoms with Crippen LogP contribution in [0, 0.1) is 5.41 Å². The highest BCUT2D eigenvalue weighted by Gasteiger charge is 2.54. The number of nitrogens with one attached hydrogen (secondary N) is 2. The molecule has 2 aliphatic heterocycles. The van der Waals surface area contributed by atoms with E-state index in [9.17, 15) is 4.79 Å². The van der Waals surface area contributed by atoms with E-state index < -0.39 is 0 Å². The van der Waals surface area contributed by atoms with Crippen LogP contribution in [0.25, 0.3) is 0 Å². The lowest BCUT2D eigenvalue weighted by atomic mass is 9.71. The largest absolute Gasteiger partial charge is 0.489 e. The molecule has 4 heteroatoms. The first-order valence-corrected chi connectivity index (χ1v) is 9.99. The van der Waals surface area contributed by atoms with E-state index in [-0.39, 0.29) is 11.3 Å². The van der Waals surface area contributed by atoms with Crippen LogP contribution in [0.2, 0.25) is 0 Å². The van der Waals surface area contributed by atoms with Crippen molar-refractivity contribution < 1.29 is 9.53 Å². The summed E-state index contributed by atoms with van der Waals surface area (Å²) in [5.74, 6) is 1.03. The first-order chi connectivity index (χ1) is 13.2. The van der Waals surface area contributed by atoms with Gasteiger partial charge >= 0.3 is 0 Å². The normalized spacial score (nSPS) is 26.1. The Morgan fingerprint density at radius 3 is 2.67 bits per heavy atom. The number of ether oxygens (including phenoxy) is 1. The molecule has 4 rings (SSSR count). The predicted molar refractivity (Wildman–Crippen MR) is 106 cm³/mol. The van der Waals surface area contributed by atoms with Gasteiger partial charge in [-0.2, -0.15) is 0 Å². The SMILES string of the molecule is CC[C@@]1(C(=O)NCc2cccc(OCc3ccccc3)c2)C[C@@H]2CC[C@H]1N2. The second kappa shape index (κ2) is 7.73. The Kier molecular flexibility index (Phi) is 5.17. The van der Waals surface area contributed by atoms with Gasteiger partial charge in [-0.15, -0.1) is 0 Å². The van der Waals surface area contributed by atoms with Crippen molar-refractivity contribution in [2.75, 3.05) is 0 Å². The van der Waals surface area contributed by atoms with Crippen molar-refractivity contribution >= 4 is 5.91 Å². The van der Waals surface area contributed by atoms with Crippen LogP contribution < -0.4 is 15.4 Å². The molecule has 0 aromatic heterocycles. The lowest BCUT2D eigenvalue weighted by Crippen LogP contribution is -2.47. The fraction of sp³-hybridized carbons (Fsp3) is 0.435. The summed E-state index contributed by atoms with van der Waals surface area (Å²) >= 11 is 0. The van der Waals surface area contributed by atoms with Crippen molar-refractivity contribution in [2.24, 2.45) is 5.41 Å². The minimum atomic E-state index is -0.232. The van der Waals surface area contributed by atoms with Gasteiger partial charge in [-0.3, -0.25) is 4.79 Å². The molecule has 2 N–H and O–H groups in total. The number of amides is 1. The van der Waals surface area contributed by atoms with E-state index in [1.165, 1.54) is 6.42 Å². The summed E-state index contributed by atoms with van der Waals surface area (Å²) in [7, 11) is 0. The average Bonchev–Trinajstić information content (AvgIpc) is 3.33. The Balaban J connectivity index is 1.35. The van der Waals surface area contributed by atoms with Crippen LogP contribution in [0.4, 0.5) is 0 Å². The molecule has 0 radical (unpaired) electrons. The molecule has 142 valence electrons. The standard InChI is InChI=1S/C23H28N2O2/c1-2-23(14-19-11-12-21(23)25-19)22(26)24-15-18-9-6-10-20(13-18)27-16-17-7-4-3-5-8-17/h3-10,13,19,21,25H,2,11-12,14-16H2,1H3,(H,24,26)/t19-,21+,23+/m0/s1. The summed E-state index contributed by atoms with van der Waals surface area (Å²) in [5, 5.41) is 6.79. The van der Waals surface area contributed by atoms with Crippen molar-refractivity contribution in [3.8, 4) is 5.75 Å². The third kappa shape index (κ3) is 3.72. The number of fused-ring (bicyclic) bond motifs is 2. The summed E-state index contributed by atoms with van der Waals surface area (Å²) in [6, 6.07) is 19.0. The van der Waals surface area contributed by atoms with Crippen LogP contribution in [-0.4, -0.2) is 18.0 Å². The molecule has 2 aliphatic rings. The summed E-state index contributed by atoms with van der Waals surface area (Å²) in [6.45, 7) is 3.23. The van der Waals surface area contributed by atoms with Crippen LogP contribution in [0.3, 0.4) is 0 Å². The van der Waals surface area contributed by atoms with Gasteiger partial charge in [0.25, 0.3) is 0 Å². The molecule has 2 fully saturated rings. The second-order valence-corrected chi connectivity index (χ2v) is 7.81. The van der Waals surface area contributed by atoms with E-state index in [0.29, 0.717) is 25.2 Å². The number of benzene rings is 2. The quantitative estimate of drug-likeness (QED) is 0.786. The molecule has 0 aliphatic carbocycles. The van der Waals surface area contributed by atoms with Crippen LogP contribution in [0.5, 0.6) is 5.75 Å². The molecule has 2 saturated heterocycles. The minimum absolute atomic E-state index is 0.195. The zero-order valence-corrected chi connectivity index (χ0v) is 15.9. The van der Waals surface area contributed by atoms with E-state index in [1.807, 2.05) is 42.5 Å². The van der Waals surface area contributed by atoms with Gasteiger partial charge in [0.2, 0.25) is 5.91 Å². The third-order valence-electron chi connectivity index (χ3n) is 6.20. The van der Waals surface area contributed by atoms with Crippen LogP contribution >= 0.6 is 0 Å². The number of carbonyl (C=O) groups is 1. The maximum absolute atomic E-state index is 13.0. The Morgan fingerprint density at radius 1 is 1.15 bits per heavy atom. The predicted octanol–water partition coefficient (Wildman–Crippen LogP) is 3.80. The molecule has 4 nitrogen and oxygen atoms in total. The van der Waals surface area contributed by atoms with Gasteiger partial charge in [-0.25, -0.2) is 0 Å². The highest BCUT2D eigenvalue weighted by molar-refractivity contribution is 5.84. The van der Waals surface area contributed by atoms with Gasteiger partial charge in [-0.05, 0) is 48.9 Å². The van der Waals surface area contributed by atoms with Crippen LogP contribution in [0.15, 0.2) is 54.6 Å². The van der Waals surface area contributed by atoms with Crippen molar-refractivity contribution in [1.82, 2.24) is 10.6 Å². The molecule has 0 spiro atoms. The topological polar surface area (TPSA) is 50.4 Å². The van der Waals surface area contributed by atoms with Gasteiger partial charge in [0.05, 0.1) is 5.41 Å². The van der Waals surface area contributed by atoms with Crippen molar-refractivity contribution in [1.29, 1.82) is 0 Å². The lowest BCUT2D eigenvalue weighted by molar-refractivity contribution is -0.132. The molecule has 0 unspecified atom stereocenters. The number of carbonyl (C=O) groups excluding carboxylic acids is 1. The molecule has 2 aromatic carbocycles. The van der Waals surface area contributed by atoms with Gasteiger partial charge in [0.15, 0.2) is 0 Å². The van der Waals surface area contributed by atoms with Crippen LogP contribution in [0.1, 0.15) is 43.7 Å². The molecule has 27 heavy (non-hydrogen) atoms. The molecule has 1 amide bonds. The Hall–Kier alpha value is -2.33. The van der Waals surface area contributed by atoms with Crippen molar-refractivity contribution in [3.63, 3.8) is 0 Å². The van der Waals surface area contributed by atoms with E-state index >= 15 is 0 Å². The Bertz CT molecular complexity index is 792. The highest BCUT2D eigenvalue weighted by Crippen LogP contribution is 2.45. The van der Waals surface area contributed by atoms with E-state index in [0.717, 1.165) is 36.1 Å². The summed E-state index contributed by atoms with van der Waals surface area (Å²) in [6.07, 6.45) is 4.20. The first kappa shape index (κ1) is 18.1. The lowest BCUT2D eigenvalue weighted by Gasteiger charge is -2.34. The molecule has 3 atom stereocenters. The zero-order valence-electron chi connectivity index (χ0n) is 15.9. The van der Waals surface area contributed by atoms with E-state index in [1.54, 1.807) is 0 Å². The zero-order chi connectivity index (χ0) is 18.7. The van der Waals surface area contributed by atoms with E-state index in [2.05, 4.69) is 29.7 Å². The van der Waals surface area contributed by atoms with Gasteiger partial charge in [0, 0.05) is 18.6 Å². The fourth-order valence-corrected chi connectivity index (χ4v) is 4.64. The van der Waals surface area contributed by atoms with Crippen LogP contribution in [-0.2, 0) is 17.9 Å². The Morgan fingerprint density at radius 2 is 1.96 bits per heavy atom. The second-order valence-electron chi connectivity index (χ2n) is 7.81. The molecular formula is C23H28N2O2. The summed E-state index contributed by atoms with van der Waals surface area (Å²) < 4.78 is 5.90.